The largest absolute Gasteiger partial charge is 0.365 e. The predicted molar refractivity (Wildman–Crippen MR) is 97.3 cm³/mol. The van der Waals surface area contributed by atoms with Crippen molar-refractivity contribution in [2.24, 2.45) is 5.73 Å². The van der Waals surface area contributed by atoms with Crippen LogP contribution >= 0.6 is 11.3 Å². The molecule has 0 atom stereocenters. The molecule has 0 aliphatic heterocycles. The second-order valence-corrected chi connectivity index (χ2v) is 6.33. The number of hydrogen-bond donors (Lipinski definition) is 1. The highest BCUT2D eigenvalue weighted by molar-refractivity contribution is 7.07. The van der Waals surface area contributed by atoms with Gasteiger partial charge in [0, 0.05) is 0 Å². The molecular formula is C19H12FN3O2S. The lowest BCUT2D eigenvalue weighted by Crippen LogP contribution is -2.32. The minimum Gasteiger partial charge on any atom is -0.365 e. The van der Waals surface area contributed by atoms with Crippen molar-refractivity contribution in [1.82, 2.24) is 4.57 Å². The monoisotopic (exact) mass is 365 g/mol. The minimum absolute atomic E-state index is 0.157. The molecule has 0 bridgehead atoms. The van der Waals surface area contributed by atoms with Crippen molar-refractivity contribution in [2.75, 3.05) is 0 Å². The maximum Gasteiger partial charge on any atom is 0.273 e. The molecule has 0 aliphatic rings. The van der Waals surface area contributed by atoms with E-state index < -0.39 is 11.5 Å². The van der Waals surface area contributed by atoms with Crippen LogP contribution in [-0.2, 0) is 4.79 Å². The van der Waals surface area contributed by atoms with Crippen LogP contribution in [0.5, 0.6) is 0 Å². The molecule has 0 saturated carbocycles. The zero-order valence-electron chi connectivity index (χ0n) is 13.3. The standard InChI is InChI=1S/C19H12FN3O2S/c20-13-8-6-12(7-9-13)10-16-18(25)23(14-4-2-1-3-5-14)19(26-16)15(11-21)17(22)24/h1-10H,(H2,22,24)/b16-10+,19-15+. The number of hydrogen-bond acceptors (Lipinski definition) is 4. The lowest BCUT2D eigenvalue weighted by molar-refractivity contribution is -0.112. The third kappa shape index (κ3) is 3.31. The van der Waals surface area contributed by atoms with Crippen molar-refractivity contribution in [3.8, 4) is 11.8 Å². The van der Waals surface area contributed by atoms with Gasteiger partial charge in [0.15, 0.2) is 5.57 Å². The van der Waals surface area contributed by atoms with Crippen LogP contribution in [0, 0.1) is 17.1 Å². The molecule has 7 heteroatoms. The first-order valence-electron chi connectivity index (χ1n) is 7.50. The number of carbonyl (C=O) groups is 1. The Kier molecular flexibility index (Phi) is 4.78. The first kappa shape index (κ1) is 17.3. The van der Waals surface area contributed by atoms with E-state index >= 15 is 0 Å². The zero-order chi connectivity index (χ0) is 18.7. The molecule has 3 rings (SSSR count). The summed E-state index contributed by atoms with van der Waals surface area (Å²) in [6.07, 6.45) is 1.57. The molecule has 0 spiro atoms. The first-order chi connectivity index (χ1) is 12.5. The van der Waals surface area contributed by atoms with Gasteiger partial charge in [0.2, 0.25) is 0 Å². The Morgan fingerprint density at radius 2 is 1.81 bits per heavy atom. The van der Waals surface area contributed by atoms with Gasteiger partial charge in [-0.25, -0.2) is 4.39 Å². The van der Waals surface area contributed by atoms with Crippen molar-refractivity contribution >= 4 is 28.9 Å². The molecule has 3 aromatic rings. The molecule has 0 unspecified atom stereocenters. The number of amides is 1. The van der Waals surface area contributed by atoms with Crippen LogP contribution in [0.15, 0.2) is 59.4 Å². The van der Waals surface area contributed by atoms with Gasteiger partial charge in [-0.1, -0.05) is 30.3 Å². The van der Waals surface area contributed by atoms with E-state index in [4.69, 9.17) is 5.73 Å². The van der Waals surface area contributed by atoms with Gasteiger partial charge in [-0.2, -0.15) is 5.26 Å². The van der Waals surface area contributed by atoms with Crippen molar-refractivity contribution < 1.29 is 9.18 Å². The normalized spacial score (nSPS) is 12.5. The Morgan fingerprint density at radius 3 is 2.38 bits per heavy atom. The van der Waals surface area contributed by atoms with Crippen molar-refractivity contribution in [1.29, 1.82) is 5.26 Å². The number of nitrogens with two attached hydrogens (primary N) is 1. The van der Waals surface area contributed by atoms with E-state index in [1.165, 1.54) is 28.8 Å². The first-order valence-corrected chi connectivity index (χ1v) is 8.31. The van der Waals surface area contributed by atoms with E-state index in [-0.39, 0.29) is 16.1 Å². The number of carbonyl (C=O) groups excluding carboxylic acids is 1. The fourth-order valence-electron chi connectivity index (χ4n) is 2.38. The summed E-state index contributed by atoms with van der Waals surface area (Å²) in [6.45, 7) is 0. The number of halogens is 1. The Labute approximate surface area is 151 Å². The van der Waals surface area contributed by atoms with Crippen LogP contribution < -0.4 is 20.5 Å². The van der Waals surface area contributed by atoms with Crippen molar-refractivity contribution in [3.63, 3.8) is 0 Å². The van der Waals surface area contributed by atoms with Crippen LogP contribution in [0.25, 0.3) is 17.3 Å². The van der Waals surface area contributed by atoms with Gasteiger partial charge >= 0.3 is 0 Å². The maximum absolute atomic E-state index is 13.1. The Bertz CT molecular complexity index is 1190. The average Bonchev–Trinajstić information content (AvgIpc) is 2.94. The third-order valence-electron chi connectivity index (χ3n) is 3.58. The van der Waals surface area contributed by atoms with Crippen LogP contribution in [-0.4, -0.2) is 10.5 Å². The van der Waals surface area contributed by atoms with E-state index in [9.17, 15) is 19.2 Å². The highest BCUT2D eigenvalue weighted by Crippen LogP contribution is 2.05. The summed E-state index contributed by atoms with van der Waals surface area (Å²) >= 11 is 0.982. The molecule has 1 aromatic heterocycles. The van der Waals surface area contributed by atoms with E-state index in [1.54, 1.807) is 42.5 Å². The predicted octanol–water partition coefficient (Wildman–Crippen LogP) is 1.03. The lowest BCUT2D eigenvalue weighted by Gasteiger charge is -2.01. The van der Waals surface area contributed by atoms with Gasteiger partial charge in [0.25, 0.3) is 11.5 Å². The van der Waals surface area contributed by atoms with Crippen LogP contribution in [0.1, 0.15) is 5.56 Å². The van der Waals surface area contributed by atoms with E-state index in [0.717, 1.165) is 11.3 Å². The molecule has 26 heavy (non-hydrogen) atoms. The Hall–Kier alpha value is -3.50. The fourth-order valence-corrected chi connectivity index (χ4v) is 3.49. The Balaban J connectivity index is 2.39. The molecule has 0 aliphatic carbocycles. The SMILES string of the molecule is N#C/C(C(N)=O)=c1\s/c(=C/c2ccc(F)cc2)c(=O)n1-c1ccccc1. The Morgan fingerprint density at radius 1 is 1.15 bits per heavy atom. The van der Waals surface area contributed by atoms with Gasteiger partial charge < -0.3 is 5.73 Å². The molecular weight excluding hydrogens is 353 g/mol. The van der Waals surface area contributed by atoms with E-state index in [1.807, 2.05) is 0 Å². The van der Waals surface area contributed by atoms with E-state index in [2.05, 4.69) is 0 Å². The topological polar surface area (TPSA) is 88.9 Å². The van der Waals surface area contributed by atoms with Gasteiger partial charge in [-0.15, -0.1) is 11.3 Å². The summed E-state index contributed by atoms with van der Waals surface area (Å²) in [5, 5.41) is 9.29. The molecule has 128 valence electrons. The fraction of sp³-hybridized carbons (Fsp3) is 0. The molecule has 1 heterocycles. The van der Waals surface area contributed by atoms with Crippen molar-refractivity contribution in [3.05, 3.63) is 85.5 Å². The van der Waals surface area contributed by atoms with Crippen LogP contribution in [0.4, 0.5) is 4.39 Å². The van der Waals surface area contributed by atoms with Gasteiger partial charge in [-0.05, 0) is 35.9 Å². The number of thiazole rings is 1. The number of nitriles is 1. The number of rotatable bonds is 3. The average molecular weight is 365 g/mol. The molecule has 2 N–H and O–H groups in total. The summed E-state index contributed by atoms with van der Waals surface area (Å²) in [6, 6.07) is 16.0. The highest BCUT2D eigenvalue weighted by atomic mass is 32.1. The summed E-state index contributed by atoms with van der Waals surface area (Å²) in [7, 11) is 0. The van der Waals surface area contributed by atoms with Crippen LogP contribution in [0.2, 0.25) is 0 Å². The second kappa shape index (κ2) is 7.17. The molecule has 0 radical (unpaired) electrons. The van der Waals surface area contributed by atoms with Crippen LogP contribution in [0.3, 0.4) is 0 Å². The second-order valence-electron chi connectivity index (χ2n) is 5.29. The summed E-state index contributed by atoms with van der Waals surface area (Å²) < 4.78 is 14.8. The summed E-state index contributed by atoms with van der Waals surface area (Å²) in [5.41, 5.74) is 5.74. The summed E-state index contributed by atoms with van der Waals surface area (Å²) in [4.78, 5) is 24.5. The number of aromatic nitrogens is 1. The highest BCUT2D eigenvalue weighted by Gasteiger charge is 2.14. The number of benzene rings is 2. The maximum atomic E-state index is 13.1. The van der Waals surface area contributed by atoms with Gasteiger partial charge in [0.1, 0.15) is 16.5 Å². The number of para-hydroxylation sites is 1. The van der Waals surface area contributed by atoms with Gasteiger partial charge in [0.05, 0.1) is 10.2 Å². The van der Waals surface area contributed by atoms with E-state index in [0.29, 0.717) is 15.8 Å². The van der Waals surface area contributed by atoms with Gasteiger partial charge in [-0.3, -0.25) is 14.2 Å². The lowest BCUT2D eigenvalue weighted by atomic mass is 10.2. The molecule has 0 saturated heterocycles. The smallest absolute Gasteiger partial charge is 0.273 e. The zero-order valence-corrected chi connectivity index (χ0v) is 14.2. The third-order valence-corrected chi connectivity index (χ3v) is 4.67. The molecule has 1 amide bonds. The minimum atomic E-state index is -0.910. The number of primary amides is 1. The molecule has 2 aromatic carbocycles. The van der Waals surface area contributed by atoms with Crippen molar-refractivity contribution in [2.45, 2.75) is 0 Å². The number of nitrogens with zero attached hydrogens (tertiary/aromatic N) is 2. The summed E-state index contributed by atoms with van der Waals surface area (Å²) in [5.74, 6) is -1.30. The molecule has 0 fully saturated rings. The quantitative estimate of drug-likeness (QED) is 0.752. The molecule has 5 nitrogen and oxygen atoms in total.